The van der Waals surface area contributed by atoms with E-state index in [4.69, 9.17) is 14.2 Å². The highest BCUT2D eigenvalue weighted by Crippen LogP contribution is 2.55. The van der Waals surface area contributed by atoms with Gasteiger partial charge < -0.3 is 19.1 Å². The molecule has 3 aliphatic heterocycles. The fraction of sp³-hybridized carbons (Fsp3) is 0.459. The highest BCUT2D eigenvalue weighted by Gasteiger charge is 2.63. The van der Waals surface area contributed by atoms with Crippen LogP contribution in [0.15, 0.2) is 59.5 Å². The van der Waals surface area contributed by atoms with Gasteiger partial charge in [-0.2, -0.15) is 0 Å². The monoisotopic (exact) mass is 708 g/mol. The van der Waals surface area contributed by atoms with Crippen molar-refractivity contribution < 1.29 is 36.6 Å². The van der Waals surface area contributed by atoms with Crippen LogP contribution in [0, 0.1) is 5.82 Å². The van der Waals surface area contributed by atoms with Gasteiger partial charge in [0.1, 0.15) is 28.0 Å². The van der Waals surface area contributed by atoms with E-state index >= 15 is 9.18 Å². The van der Waals surface area contributed by atoms with E-state index in [1.807, 2.05) is 12.1 Å². The van der Waals surface area contributed by atoms with Gasteiger partial charge in [0.05, 0.1) is 33.1 Å². The van der Waals surface area contributed by atoms with E-state index in [0.717, 1.165) is 41.9 Å². The highest BCUT2D eigenvalue weighted by molar-refractivity contribution is 7.93. The van der Waals surface area contributed by atoms with Crippen LogP contribution in [0.1, 0.15) is 55.2 Å². The number of carbonyl (C=O) groups excluding carboxylic acids is 2. The number of nitrogens with zero attached hydrogens (tertiary/aromatic N) is 4. The molecule has 0 saturated carbocycles. The SMILES string of the molecule is COc1ccc(S(=O)(=O)N2C(=O)C(c3cc(CN4CCCCCC4)ccc3OC)(N3CCC[C@H]3C(=O)N(C)C)c3cc(F)ccc32)c(OC)c1. The molecular weight excluding hydrogens is 663 g/mol. The van der Waals surface area contributed by atoms with E-state index in [9.17, 15) is 13.2 Å². The normalized spacial score (nSPS) is 21.5. The zero-order valence-corrected chi connectivity index (χ0v) is 30.1. The van der Waals surface area contributed by atoms with Crippen molar-refractivity contribution in [3.8, 4) is 17.2 Å². The number of ether oxygens (including phenoxy) is 3. The Morgan fingerprint density at radius 3 is 2.24 bits per heavy atom. The van der Waals surface area contributed by atoms with Gasteiger partial charge in [0.15, 0.2) is 5.54 Å². The molecule has 3 heterocycles. The molecular formula is C37H45FN4O7S. The maximum Gasteiger partial charge on any atom is 0.274 e. The lowest BCUT2D eigenvalue weighted by Crippen LogP contribution is -2.59. The Morgan fingerprint density at radius 2 is 1.58 bits per heavy atom. The summed E-state index contributed by atoms with van der Waals surface area (Å²) in [7, 11) is 2.85. The molecule has 1 unspecified atom stereocenters. The minimum Gasteiger partial charge on any atom is -0.497 e. The van der Waals surface area contributed by atoms with Crippen LogP contribution in [0.25, 0.3) is 0 Å². The van der Waals surface area contributed by atoms with Crippen molar-refractivity contribution >= 4 is 27.5 Å². The molecule has 11 nitrogen and oxygen atoms in total. The predicted octanol–water partition coefficient (Wildman–Crippen LogP) is 4.76. The predicted molar refractivity (Wildman–Crippen MR) is 187 cm³/mol. The molecule has 0 spiro atoms. The first-order valence-corrected chi connectivity index (χ1v) is 18.4. The van der Waals surface area contributed by atoms with Gasteiger partial charge in [-0.15, -0.1) is 0 Å². The summed E-state index contributed by atoms with van der Waals surface area (Å²) in [5.41, 5.74) is -0.612. The largest absolute Gasteiger partial charge is 0.497 e. The number of hydrogen-bond donors (Lipinski definition) is 0. The lowest BCUT2D eigenvalue weighted by atomic mass is 9.80. The van der Waals surface area contributed by atoms with Crippen molar-refractivity contribution in [3.05, 3.63) is 77.1 Å². The van der Waals surface area contributed by atoms with Crippen LogP contribution in [-0.2, 0) is 31.7 Å². The summed E-state index contributed by atoms with van der Waals surface area (Å²) < 4.78 is 62.6. The van der Waals surface area contributed by atoms with E-state index in [-0.39, 0.29) is 34.3 Å². The zero-order valence-electron chi connectivity index (χ0n) is 29.3. The number of carbonyl (C=O) groups is 2. The first-order valence-electron chi connectivity index (χ1n) is 17.0. The molecule has 2 amide bonds. The maximum atomic E-state index is 15.6. The Morgan fingerprint density at radius 1 is 0.860 bits per heavy atom. The van der Waals surface area contributed by atoms with Gasteiger partial charge in [-0.25, -0.2) is 17.1 Å². The van der Waals surface area contributed by atoms with Crippen LogP contribution in [0.4, 0.5) is 10.1 Å². The number of hydrogen-bond acceptors (Lipinski definition) is 9. The number of benzene rings is 3. The minimum atomic E-state index is -4.69. The molecule has 3 aromatic carbocycles. The van der Waals surface area contributed by atoms with Crippen LogP contribution in [0.5, 0.6) is 17.2 Å². The summed E-state index contributed by atoms with van der Waals surface area (Å²) in [5, 5.41) is 0. The smallest absolute Gasteiger partial charge is 0.274 e. The first kappa shape index (κ1) is 35.6. The molecule has 0 aliphatic carbocycles. The molecule has 3 aliphatic rings. The number of fused-ring (bicyclic) bond motifs is 1. The summed E-state index contributed by atoms with van der Waals surface area (Å²) >= 11 is 0. The summed E-state index contributed by atoms with van der Waals surface area (Å²) in [5.74, 6) is -1.12. The van der Waals surface area contributed by atoms with Crippen molar-refractivity contribution in [3.63, 3.8) is 0 Å². The lowest BCUT2D eigenvalue weighted by Gasteiger charge is -2.42. The fourth-order valence-electron chi connectivity index (χ4n) is 7.78. The molecule has 2 saturated heterocycles. The second-order valence-electron chi connectivity index (χ2n) is 13.3. The Balaban J connectivity index is 1.63. The summed E-state index contributed by atoms with van der Waals surface area (Å²) in [4.78, 5) is 34.8. The van der Waals surface area contributed by atoms with E-state index in [0.29, 0.717) is 36.4 Å². The average Bonchev–Trinajstić information content (AvgIpc) is 3.58. The third-order valence-corrected chi connectivity index (χ3v) is 11.9. The van der Waals surface area contributed by atoms with Gasteiger partial charge in [-0.1, -0.05) is 18.9 Å². The summed E-state index contributed by atoms with van der Waals surface area (Å²) in [6.45, 7) is 2.73. The fourth-order valence-corrected chi connectivity index (χ4v) is 9.38. The van der Waals surface area contributed by atoms with Crippen LogP contribution in [0.2, 0.25) is 0 Å². The molecule has 0 radical (unpaired) electrons. The van der Waals surface area contributed by atoms with Gasteiger partial charge in [0.2, 0.25) is 5.91 Å². The number of likely N-dealkylation sites (tertiary alicyclic amines) is 2. The molecule has 50 heavy (non-hydrogen) atoms. The van der Waals surface area contributed by atoms with E-state index in [1.54, 1.807) is 25.1 Å². The van der Waals surface area contributed by atoms with Crippen LogP contribution in [-0.4, -0.2) is 96.0 Å². The molecule has 0 N–H and O–H groups in total. The van der Waals surface area contributed by atoms with Crippen molar-refractivity contribution in [2.45, 2.75) is 61.5 Å². The molecule has 0 aromatic heterocycles. The molecule has 268 valence electrons. The van der Waals surface area contributed by atoms with Gasteiger partial charge in [0, 0.05) is 44.4 Å². The third-order valence-electron chi connectivity index (χ3n) is 10.1. The standard InChI is InChI=1S/C37H45FN4O7S/c1-39(2)35(43)31-11-10-20-41(31)37(29-21-25(12-16-32(29)48-4)24-40-18-8-6-7-9-19-40)28-22-26(38)13-15-30(28)42(36(37)44)50(45,46)34-17-14-27(47-3)23-33(34)49-5/h12-17,21-23,31H,6-11,18-20,24H2,1-5H3/t31-,37?/m0/s1. The average molecular weight is 709 g/mol. The third kappa shape index (κ3) is 5.98. The Labute approximate surface area is 293 Å². The molecule has 0 bridgehead atoms. The van der Waals surface area contributed by atoms with Crippen molar-refractivity contribution in [1.29, 1.82) is 0 Å². The Kier molecular flexibility index (Phi) is 10.1. The number of amides is 2. The van der Waals surface area contributed by atoms with E-state index in [2.05, 4.69) is 4.90 Å². The van der Waals surface area contributed by atoms with Gasteiger partial charge in [-0.05, 0) is 86.8 Å². The molecule has 3 aromatic rings. The van der Waals surface area contributed by atoms with E-state index in [1.165, 1.54) is 69.4 Å². The van der Waals surface area contributed by atoms with Gasteiger partial charge in [-0.3, -0.25) is 19.4 Å². The van der Waals surface area contributed by atoms with Crippen LogP contribution < -0.4 is 18.5 Å². The Hall–Kier alpha value is -4.20. The van der Waals surface area contributed by atoms with Gasteiger partial charge in [0.25, 0.3) is 15.9 Å². The van der Waals surface area contributed by atoms with Crippen LogP contribution in [0.3, 0.4) is 0 Å². The van der Waals surface area contributed by atoms with Crippen LogP contribution >= 0.6 is 0 Å². The van der Waals surface area contributed by atoms with Crippen molar-refractivity contribution in [1.82, 2.24) is 14.7 Å². The van der Waals surface area contributed by atoms with Crippen molar-refractivity contribution in [2.24, 2.45) is 0 Å². The Bertz CT molecular complexity index is 1880. The number of likely N-dealkylation sites (N-methyl/N-ethyl adjacent to an activating group) is 1. The summed E-state index contributed by atoms with van der Waals surface area (Å²) in [6.07, 6.45) is 5.49. The number of halogens is 1. The zero-order chi connectivity index (χ0) is 35.8. The molecule has 2 atom stereocenters. The quantitative estimate of drug-likeness (QED) is 0.295. The molecule has 13 heteroatoms. The number of methoxy groups -OCH3 is 3. The molecule has 6 rings (SSSR count). The second-order valence-corrected chi connectivity index (χ2v) is 15.0. The summed E-state index contributed by atoms with van der Waals surface area (Å²) in [6, 6.07) is 12.7. The maximum absolute atomic E-state index is 15.6. The topological polar surface area (TPSA) is 109 Å². The number of anilines is 1. The highest BCUT2D eigenvalue weighted by atomic mass is 32.2. The number of rotatable bonds is 10. The molecule has 2 fully saturated rings. The van der Waals surface area contributed by atoms with E-state index < -0.39 is 33.3 Å². The number of sulfonamides is 1. The van der Waals surface area contributed by atoms with Gasteiger partial charge >= 0.3 is 0 Å². The lowest BCUT2D eigenvalue weighted by molar-refractivity contribution is -0.138. The minimum absolute atomic E-state index is 0.0165. The first-order chi connectivity index (χ1) is 24.0. The second kappa shape index (κ2) is 14.2. The van der Waals surface area contributed by atoms with Crippen molar-refractivity contribution in [2.75, 3.05) is 59.4 Å².